The number of ether oxygens (including phenoxy) is 1. The molecule has 3 nitrogen and oxygen atoms in total. The summed E-state index contributed by atoms with van der Waals surface area (Å²) in [6.45, 7) is 0. The Morgan fingerprint density at radius 1 is 1.00 bits per heavy atom. The van der Waals surface area contributed by atoms with Gasteiger partial charge in [0.05, 0.1) is 0 Å². The molecule has 122 valence electrons. The monoisotopic (exact) mass is 511 g/mol. The molecule has 2 aromatic rings. The number of hydrogen-bond donors (Lipinski definition) is 0. The predicted molar refractivity (Wildman–Crippen MR) is 95.4 cm³/mol. The first-order valence-electron chi connectivity index (χ1n) is 5.87. The first kappa shape index (κ1) is 20.2. The topological polar surface area (TPSA) is 40.4 Å². The third-order valence-corrected chi connectivity index (χ3v) is 12.5. The Morgan fingerprint density at radius 2 is 1.59 bits per heavy atom. The number of aromatic amines is 1. The normalized spacial score (nSPS) is 13.9. The summed E-state index contributed by atoms with van der Waals surface area (Å²) >= 11 is 0. The molecule has 1 aromatic carbocycles. The molecule has 0 radical (unpaired) electrons. The molecule has 0 bridgehead atoms. The number of nitrogens with one attached hydrogen (secondary N) is 1. The average molecular weight is 514 g/mol. The molecule has 0 unspecified atom stereocenters. The molecule has 0 fully saturated rings. The van der Waals surface area contributed by atoms with Crippen LogP contribution in [0.25, 0.3) is 0 Å². The molecule has 0 spiro atoms. The molecular formula is C13H13Cl5NO2Sb. The molecule has 0 saturated heterocycles. The Kier molecular flexibility index (Phi) is 6.34. The molecule has 0 aliphatic heterocycles. The van der Waals surface area contributed by atoms with Crippen molar-refractivity contribution in [2.75, 3.05) is 7.11 Å². The minimum atomic E-state index is -5.81. The summed E-state index contributed by atoms with van der Waals surface area (Å²) in [5, 5.41) is 0. The van der Waals surface area contributed by atoms with Crippen LogP contribution in [0.1, 0.15) is 10.4 Å². The van der Waals surface area contributed by atoms with Gasteiger partial charge in [0.1, 0.15) is 0 Å². The Labute approximate surface area is 144 Å². The van der Waals surface area contributed by atoms with E-state index in [1.807, 2.05) is 30.6 Å². The van der Waals surface area contributed by atoms with E-state index in [0.717, 1.165) is 0 Å². The van der Waals surface area contributed by atoms with Crippen LogP contribution < -0.4 is 8.49 Å². The summed E-state index contributed by atoms with van der Waals surface area (Å²) in [5.74, 6) is -0.555. The van der Waals surface area contributed by atoms with E-state index >= 15 is 0 Å². The first-order chi connectivity index (χ1) is 9.94. The van der Waals surface area contributed by atoms with Gasteiger partial charge in [0, 0.05) is 12.1 Å². The van der Waals surface area contributed by atoms with Gasteiger partial charge in [-0.1, -0.05) is 6.07 Å². The number of carbonyl (C=O) groups is 1. The average Bonchev–Trinajstić information content (AvgIpc) is 2.47. The van der Waals surface area contributed by atoms with E-state index in [9.17, 15) is 4.79 Å². The molecule has 0 aliphatic rings. The number of carbonyl (C=O) groups excluding carboxylic acids is 1. The fraction of sp³-hybridized carbons (Fsp3) is 0.0769. The maximum Gasteiger partial charge on any atom is 0.166 e. The molecule has 9 heteroatoms. The van der Waals surface area contributed by atoms with Gasteiger partial charge in [-0.3, -0.25) is 0 Å². The summed E-state index contributed by atoms with van der Waals surface area (Å²) in [4.78, 5) is 14.2. The van der Waals surface area contributed by atoms with Crippen molar-refractivity contribution in [2.45, 2.75) is 0 Å². The number of esters is 1. The van der Waals surface area contributed by atoms with Crippen molar-refractivity contribution in [2.24, 2.45) is 0 Å². The number of methoxy groups -OCH3 is 1. The zero-order valence-corrected chi connectivity index (χ0v) is 17.7. The van der Waals surface area contributed by atoms with Crippen LogP contribution in [0.2, 0.25) is 0 Å². The van der Waals surface area contributed by atoms with Gasteiger partial charge in [0.25, 0.3) is 0 Å². The van der Waals surface area contributed by atoms with Gasteiger partial charge < -0.3 is 0 Å². The number of pyridine rings is 1. The molecule has 22 heavy (non-hydrogen) atoms. The Balaban J connectivity index is 0.000000335. The number of benzene rings is 1. The SMILES string of the molecule is COC(=O)c1ccc[c]([Sb-]([Cl])([Cl])([Cl])([Cl])[Cl])c1.c1cc[nH+]cc1. The third kappa shape index (κ3) is 7.12. The van der Waals surface area contributed by atoms with E-state index in [4.69, 9.17) is 44.1 Å². The molecule has 0 atom stereocenters. The van der Waals surface area contributed by atoms with Crippen molar-refractivity contribution < 1.29 is 14.5 Å². The van der Waals surface area contributed by atoms with E-state index in [1.165, 1.54) is 31.4 Å². The predicted octanol–water partition coefficient (Wildman–Crippen LogP) is 4.22. The molecule has 1 N–H and O–H groups in total. The molecule has 1 aromatic heterocycles. The maximum absolute atomic E-state index is 11.3. The van der Waals surface area contributed by atoms with E-state index in [-0.39, 0.29) is 9.07 Å². The molecule has 0 amide bonds. The van der Waals surface area contributed by atoms with Crippen LogP contribution in [-0.4, -0.2) is 23.4 Å². The number of H-pyrrole nitrogens is 1. The van der Waals surface area contributed by atoms with Crippen LogP contribution in [0, 0.1) is 0 Å². The van der Waals surface area contributed by atoms with Crippen LogP contribution in [0.3, 0.4) is 0 Å². The fourth-order valence-corrected chi connectivity index (χ4v) is 7.02. The van der Waals surface area contributed by atoms with Crippen LogP contribution in [0.5, 0.6) is 0 Å². The van der Waals surface area contributed by atoms with Crippen LogP contribution >= 0.6 is 44.1 Å². The second-order valence-corrected chi connectivity index (χ2v) is 51.7. The van der Waals surface area contributed by atoms with Gasteiger partial charge in [-0.05, 0) is 0 Å². The summed E-state index contributed by atoms with van der Waals surface area (Å²) in [7, 11) is 24.9. The van der Waals surface area contributed by atoms with E-state index < -0.39 is 16.3 Å². The molecule has 2 rings (SSSR count). The zero-order chi connectivity index (χ0) is 16.9. The number of aromatic nitrogens is 1. The minimum absolute atomic E-state index is 0.130. The molecular weight excluding hydrogens is 501 g/mol. The van der Waals surface area contributed by atoms with Gasteiger partial charge in [0.15, 0.2) is 12.4 Å². The summed E-state index contributed by atoms with van der Waals surface area (Å²) in [6, 6.07) is 11.7. The second kappa shape index (κ2) is 6.92. The number of rotatable bonds is 2. The first-order valence-corrected chi connectivity index (χ1v) is 23.3. The van der Waals surface area contributed by atoms with Crippen molar-refractivity contribution >= 4 is 63.9 Å². The van der Waals surface area contributed by atoms with Gasteiger partial charge in [0.2, 0.25) is 0 Å². The van der Waals surface area contributed by atoms with Gasteiger partial charge >= 0.3 is 110 Å². The van der Waals surface area contributed by atoms with E-state index in [1.54, 1.807) is 0 Å². The van der Waals surface area contributed by atoms with Crippen molar-refractivity contribution in [3.63, 3.8) is 0 Å². The van der Waals surface area contributed by atoms with Crippen molar-refractivity contribution in [1.82, 2.24) is 0 Å². The summed E-state index contributed by atoms with van der Waals surface area (Å²) in [5.41, 5.74) is 0.222. The third-order valence-electron chi connectivity index (χ3n) is 2.36. The minimum Gasteiger partial charge on any atom is -0.218 e. The van der Waals surface area contributed by atoms with Crippen molar-refractivity contribution in [1.29, 1.82) is 0 Å². The number of hydrogen-bond acceptors (Lipinski definition) is 2. The number of halogens is 5. The quantitative estimate of drug-likeness (QED) is 0.445. The van der Waals surface area contributed by atoms with Gasteiger partial charge in [-0.2, -0.15) is 0 Å². The van der Waals surface area contributed by atoms with Gasteiger partial charge in [-0.25, -0.2) is 4.98 Å². The standard InChI is InChI=1S/C8H7O2.C5H5N.5ClH.Sb/c1-10-8(9)7-5-3-2-4-6-7;1-2-4-6-5-3-1;;;;;;/h2-3,5-6H,1H3;1-5H;5*1H;/q;;;;;;;+4/p-4. The smallest absolute Gasteiger partial charge is 0.166 e. The summed E-state index contributed by atoms with van der Waals surface area (Å²) in [6.07, 6.45) is 3.75. The van der Waals surface area contributed by atoms with Crippen molar-refractivity contribution in [3.8, 4) is 0 Å². The van der Waals surface area contributed by atoms with Crippen LogP contribution in [0.15, 0.2) is 54.9 Å². The van der Waals surface area contributed by atoms with Gasteiger partial charge in [-0.15, -0.1) is 0 Å². The zero-order valence-electron chi connectivity index (χ0n) is 11.3. The van der Waals surface area contributed by atoms with E-state index in [2.05, 4.69) is 9.72 Å². The van der Waals surface area contributed by atoms with Crippen LogP contribution in [-0.2, 0) is 4.74 Å². The van der Waals surface area contributed by atoms with Crippen molar-refractivity contribution in [3.05, 3.63) is 60.4 Å². The van der Waals surface area contributed by atoms with Crippen LogP contribution in [0.4, 0.5) is 0 Å². The second-order valence-electron chi connectivity index (χ2n) is 4.18. The Bertz CT molecular complexity index is 620. The molecule has 0 aliphatic carbocycles. The maximum atomic E-state index is 11.3. The Hall–Kier alpha value is 0.108. The molecule has 1 heterocycles. The van der Waals surface area contributed by atoms with E-state index in [0.29, 0.717) is 0 Å². The Morgan fingerprint density at radius 3 is 1.95 bits per heavy atom. The summed E-state index contributed by atoms with van der Waals surface area (Å²) < 4.78 is 4.67. The fourth-order valence-electron chi connectivity index (χ4n) is 1.36. The molecule has 0 saturated carbocycles. The largest absolute Gasteiger partial charge is 0.218 e.